The average molecular weight is 155 g/mol. The molecule has 0 aliphatic carbocycles. The molecule has 58 valence electrons. The molecular weight excluding hydrogens is 152 g/mol. The van der Waals surface area contributed by atoms with Crippen LogP contribution >= 0.6 is 0 Å². The Morgan fingerprint density at radius 3 is 2.55 bits per heavy atom. The van der Waals surface area contributed by atoms with Crippen molar-refractivity contribution in [3.8, 4) is 5.75 Å². The van der Waals surface area contributed by atoms with Gasteiger partial charge in [-0.3, -0.25) is 14.9 Å². The smallest absolute Gasteiger partial charge is 0.326 e. The topological polar surface area (TPSA) is 99.1 Å². The largest absolute Gasteiger partial charge is 0.868 e. The summed E-state index contributed by atoms with van der Waals surface area (Å²) in [6.45, 7) is 0. The highest BCUT2D eigenvalue weighted by molar-refractivity contribution is 5.40. The normalized spacial score (nSPS) is 9.45. The van der Waals surface area contributed by atoms with Gasteiger partial charge in [0.15, 0.2) is 0 Å². The number of rotatable bonds is 1. The van der Waals surface area contributed by atoms with E-state index in [0.29, 0.717) is 0 Å². The van der Waals surface area contributed by atoms with Gasteiger partial charge < -0.3 is 10.1 Å². The van der Waals surface area contributed by atoms with E-state index in [2.05, 4.69) is 0 Å². The van der Waals surface area contributed by atoms with Crippen LogP contribution in [0.3, 0.4) is 0 Å². The lowest BCUT2D eigenvalue weighted by molar-refractivity contribution is -0.399. The molecule has 0 fully saturated rings. The Kier molecular flexibility index (Phi) is 1.59. The van der Waals surface area contributed by atoms with E-state index >= 15 is 0 Å². The van der Waals surface area contributed by atoms with E-state index in [1.165, 1.54) is 0 Å². The fraction of sp³-hybridized carbons (Fsp3) is 0. The lowest BCUT2D eigenvalue weighted by Gasteiger charge is -2.02. The highest BCUT2D eigenvalue weighted by Crippen LogP contribution is 2.14. The number of hydrogen-bond acceptors (Lipinski definition) is 4. The molecular formula is C5H3N2O4-. The van der Waals surface area contributed by atoms with E-state index in [9.17, 15) is 20.0 Å². The lowest BCUT2D eigenvalue weighted by Crippen LogP contribution is -2.13. The second kappa shape index (κ2) is 2.41. The van der Waals surface area contributed by atoms with Crippen molar-refractivity contribution in [2.75, 3.05) is 0 Å². The summed E-state index contributed by atoms with van der Waals surface area (Å²) in [4.78, 5) is 21.6. The molecule has 6 heteroatoms. The zero-order valence-corrected chi connectivity index (χ0v) is 5.23. The van der Waals surface area contributed by atoms with E-state index in [-0.39, 0.29) is 0 Å². The molecule has 0 aliphatic heterocycles. The van der Waals surface area contributed by atoms with Gasteiger partial charge >= 0.3 is 11.2 Å². The Bertz CT molecular complexity index is 343. The molecule has 0 unspecified atom stereocenters. The summed E-state index contributed by atoms with van der Waals surface area (Å²) in [5.41, 5.74) is -1.91. The third kappa shape index (κ3) is 1.18. The van der Waals surface area contributed by atoms with E-state index in [1.807, 2.05) is 4.98 Å². The SMILES string of the molecule is O=c1[nH]ccc([O-])c1[N+](=O)[O-]. The van der Waals surface area contributed by atoms with E-state index in [4.69, 9.17) is 0 Å². The molecule has 0 aliphatic rings. The summed E-state index contributed by atoms with van der Waals surface area (Å²) in [6.07, 6.45) is 1.07. The molecule has 0 amide bonds. The zero-order chi connectivity index (χ0) is 8.43. The number of nitrogens with zero attached hydrogens (tertiary/aromatic N) is 1. The maximum absolute atomic E-state index is 10.6. The third-order valence-corrected chi connectivity index (χ3v) is 1.08. The quantitative estimate of drug-likeness (QED) is 0.430. The van der Waals surface area contributed by atoms with Gasteiger partial charge in [0.2, 0.25) is 0 Å². The van der Waals surface area contributed by atoms with Crippen LogP contribution in [0, 0.1) is 10.1 Å². The van der Waals surface area contributed by atoms with Crippen LogP contribution in [0.2, 0.25) is 0 Å². The minimum Gasteiger partial charge on any atom is -0.868 e. The molecule has 1 rings (SSSR count). The molecule has 0 radical (unpaired) electrons. The Morgan fingerprint density at radius 1 is 1.55 bits per heavy atom. The number of nitrogens with one attached hydrogen (secondary N) is 1. The van der Waals surface area contributed by atoms with Gasteiger partial charge in [-0.1, -0.05) is 0 Å². The third-order valence-electron chi connectivity index (χ3n) is 1.08. The van der Waals surface area contributed by atoms with Crippen LogP contribution in [0.15, 0.2) is 17.1 Å². The average Bonchev–Trinajstić information content (AvgIpc) is 1.85. The molecule has 1 N–H and O–H groups in total. The van der Waals surface area contributed by atoms with E-state index in [0.717, 1.165) is 12.3 Å². The number of aromatic amines is 1. The molecule has 1 heterocycles. The molecule has 0 bridgehead atoms. The van der Waals surface area contributed by atoms with Crippen LogP contribution < -0.4 is 10.7 Å². The predicted molar refractivity (Wildman–Crippen MR) is 33.2 cm³/mol. The second-order valence-electron chi connectivity index (χ2n) is 1.78. The zero-order valence-electron chi connectivity index (χ0n) is 5.23. The first-order valence-corrected chi connectivity index (χ1v) is 2.66. The number of H-pyrrole nitrogens is 1. The monoisotopic (exact) mass is 155 g/mol. The fourth-order valence-corrected chi connectivity index (χ4v) is 0.625. The van der Waals surface area contributed by atoms with E-state index < -0.39 is 21.9 Å². The first kappa shape index (κ1) is 7.26. The Labute approximate surface area is 60.3 Å². The standard InChI is InChI=1S/C5H4N2O4/c8-3-1-2-6-5(9)4(3)7(10)11/h1-2H,(H2,6,8,9)/p-1. The molecule has 0 saturated heterocycles. The lowest BCUT2D eigenvalue weighted by atomic mass is 10.4. The summed E-state index contributed by atoms with van der Waals surface area (Å²) in [5.74, 6) is -0.876. The summed E-state index contributed by atoms with van der Waals surface area (Å²) < 4.78 is 0. The minimum absolute atomic E-state index is 0.876. The fourth-order valence-electron chi connectivity index (χ4n) is 0.625. The van der Waals surface area contributed by atoms with Crippen LogP contribution in [0.4, 0.5) is 5.69 Å². The van der Waals surface area contributed by atoms with Crippen LogP contribution in [-0.4, -0.2) is 9.91 Å². The van der Waals surface area contributed by atoms with Gasteiger partial charge in [0.1, 0.15) is 0 Å². The van der Waals surface area contributed by atoms with Gasteiger partial charge in [0, 0.05) is 6.20 Å². The Balaban J connectivity index is 3.45. The summed E-state index contributed by atoms with van der Waals surface area (Å²) in [5, 5.41) is 20.6. The number of pyridine rings is 1. The second-order valence-corrected chi connectivity index (χ2v) is 1.78. The van der Waals surface area contributed by atoms with Gasteiger partial charge in [0.05, 0.1) is 4.92 Å². The summed E-state index contributed by atoms with van der Waals surface area (Å²) in [6, 6.07) is 0.930. The molecule has 11 heavy (non-hydrogen) atoms. The molecule has 6 nitrogen and oxygen atoms in total. The van der Waals surface area contributed by atoms with Crippen molar-refractivity contribution in [1.82, 2.24) is 4.98 Å². The van der Waals surface area contributed by atoms with Crippen molar-refractivity contribution in [3.05, 3.63) is 32.7 Å². The van der Waals surface area contributed by atoms with Crippen molar-refractivity contribution >= 4 is 5.69 Å². The highest BCUT2D eigenvalue weighted by Gasteiger charge is 2.10. The molecule has 1 aromatic rings. The van der Waals surface area contributed by atoms with Gasteiger partial charge in [-0.25, -0.2) is 0 Å². The van der Waals surface area contributed by atoms with Gasteiger partial charge in [0.25, 0.3) is 0 Å². The number of aromatic nitrogens is 1. The molecule has 0 atom stereocenters. The van der Waals surface area contributed by atoms with Crippen molar-refractivity contribution < 1.29 is 10.0 Å². The van der Waals surface area contributed by atoms with Gasteiger partial charge in [-0.2, -0.15) is 0 Å². The number of nitro groups is 1. The van der Waals surface area contributed by atoms with Crippen molar-refractivity contribution in [2.24, 2.45) is 0 Å². The van der Waals surface area contributed by atoms with Crippen molar-refractivity contribution in [2.45, 2.75) is 0 Å². The van der Waals surface area contributed by atoms with E-state index in [1.54, 1.807) is 0 Å². The maximum Gasteiger partial charge on any atom is 0.326 e. The molecule has 0 aromatic carbocycles. The summed E-state index contributed by atoms with van der Waals surface area (Å²) >= 11 is 0. The highest BCUT2D eigenvalue weighted by atomic mass is 16.6. The van der Waals surface area contributed by atoms with Crippen molar-refractivity contribution in [3.63, 3.8) is 0 Å². The molecule has 0 saturated carbocycles. The Morgan fingerprint density at radius 2 is 2.18 bits per heavy atom. The first-order chi connectivity index (χ1) is 5.13. The first-order valence-electron chi connectivity index (χ1n) is 2.66. The van der Waals surface area contributed by atoms with Gasteiger partial charge in [-0.05, 0) is 11.8 Å². The van der Waals surface area contributed by atoms with Crippen molar-refractivity contribution in [1.29, 1.82) is 0 Å². The molecule has 1 aromatic heterocycles. The van der Waals surface area contributed by atoms with Crippen LogP contribution in [0.1, 0.15) is 0 Å². The Hall–Kier alpha value is -1.85. The summed E-state index contributed by atoms with van der Waals surface area (Å²) in [7, 11) is 0. The number of hydrogen-bond donors (Lipinski definition) is 1. The van der Waals surface area contributed by atoms with Crippen LogP contribution in [-0.2, 0) is 0 Å². The molecule has 0 spiro atoms. The maximum atomic E-state index is 10.6. The van der Waals surface area contributed by atoms with Gasteiger partial charge in [-0.15, -0.1) is 0 Å². The van der Waals surface area contributed by atoms with Crippen LogP contribution in [0.25, 0.3) is 0 Å². The predicted octanol–water partition coefficient (Wildman–Crippen LogP) is -0.643. The van der Waals surface area contributed by atoms with Crippen LogP contribution in [0.5, 0.6) is 5.75 Å². The minimum atomic E-state index is -0.999.